The van der Waals surface area contributed by atoms with Gasteiger partial charge >= 0.3 is 0 Å². The molecule has 0 aliphatic rings. The van der Waals surface area contributed by atoms with Gasteiger partial charge in [-0.15, -0.1) is 0 Å². The summed E-state index contributed by atoms with van der Waals surface area (Å²) < 4.78 is 5.08. The van der Waals surface area contributed by atoms with Crippen LogP contribution in [-0.4, -0.2) is 22.4 Å². The van der Waals surface area contributed by atoms with Gasteiger partial charge in [0, 0.05) is 11.6 Å². The van der Waals surface area contributed by atoms with Crippen LogP contribution in [0, 0.1) is 24.0 Å². The molecule has 1 N–H and O–H groups in total. The molecule has 0 atom stereocenters. The second kappa shape index (κ2) is 5.74. The number of rotatable bonds is 5. The number of carbonyl (C=O) groups is 1. The maximum atomic E-state index is 11.2. The number of aryl methyl sites for hydroxylation is 2. The largest absolute Gasteiger partial charge is 0.372 e. The Kier molecular flexibility index (Phi) is 4.02. The van der Waals surface area contributed by atoms with Crippen LogP contribution in [-0.2, 0) is 4.79 Å². The van der Waals surface area contributed by atoms with Gasteiger partial charge in [-0.1, -0.05) is 11.2 Å². The second-order valence-corrected chi connectivity index (χ2v) is 4.74. The van der Waals surface area contributed by atoms with Crippen LogP contribution in [0.25, 0.3) is 11.1 Å². The van der Waals surface area contributed by atoms with E-state index in [1.165, 1.54) is 13.0 Å². The number of carbonyl (C=O) groups excluding carboxylic acids is 1. The van der Waals surface area contributed by atoms with Gasteiger partial charge in [0.05, 0.1) is 17.2 Å². The highest BCUT2D eigenvalue weighted by atomic mass is 16.6. The lowest BCUT2D eigenvalue weighted by Gasteiger charge is -2.07. The summed E-state index contributed by atoms with van der Waals surface area (Å²) >= 11 is 0. The summed E-state index contributed by atoms with van der Waals surface area (Å²) in [5.74, 6) is 0.505. The lowest BCUT2D eigenvalue weighted by molar-refractivity contribution is -0.383. The number of Topliss-reactive ketones (excluding diaryl/α,β-unsaturated/α-hetero) is 1. The van der Waals surface area contributed by atoms with Gasteiger partial charge in [0.25, 0.3) is 5.69 Å². The van der Waals surface area contributed by atoms with Gasteiger partial charge in [-0.05, 0) is 32.4 Å². The van der Waals surface area contributed by atoms with Crippen molar-refractivity contribution >= 4 is 17.2 Å². The van der Waals surface area contributed by atoms with Gasteiger partial charge in [-0.2, -0.15) is 0 Å². The molecular formula is C14H15N3O4. The molecule has 2 aromatic rings. The van der Waals surface area contributed by atoms with E-state index in [4.69, 9.17) is 4.52 Å². The molecule has 7 nitrogen and oxygen atoms in total. The van der Waals surface area contributed by atoms with Crippen LogP contribution in [0.4, 0.5) is 11.4 Å². The van der Waals surface area contributed by atoms with E-state index >= 15 is 0 Å². The lowest BCUT2D eigenvalue weighted by atomic mass is 10.0. The fourth-order valence-corrected chi connectivity index (χ4v) is 2.10. The Hall–Kier alpha value is -2.70. The van der Waals surface area contributed by atoms with E-state index in [2.05, 4.69) is 10.5 Å². The van der Waals surface area contributed by atoms with E-state index in [9.17, 15) is 14.9 Å². The highest BCUT2D eigenvalue weighted by molar-refractivity contribution is 5.82. The topological polar surface area (TPSA) is 98.3 Å². The van der Waals surface area contributed by atoms with Crippen molar-refractivity contribution in [1.82, 2.24) is 5.16 Å². The number of ketones is 1. The Balaban J connectivity index is 2.45. The van der Waals surface area contributed by atoms with E-state index < -0.39 is 4.92 Å². The molecule has 0 aliphatic carbocycles. The summed E-state index contributed by atoms with van der Waals surface area (Å²) in [5, 5.41) is 17.8. The highest BCUT2D eigenvalue weighted by Crippen LogP contribution is 2.33. The maximum absolute atomic E-state index is 11.2. The lowest BCUT2D eigenvalue weighted by Crippen LogP contribution is -2.11. The predicted octanol–water partition coefficient (Wildman–Crippen LogP) is 2.87. The van der Waals surface area contributed by atoms with Crippen LogP contribution >= 0.6 is 0 Å². The number of benzene rings is 1. The van der Waals surface area contributed by atoms with Crippen molar-refractivity contribution in [2.45, 2.75) is 20.8 Å². The Morgan fingerprint density at radius 2 is 2.14 bits per heavy atom. The number of nitro groups is 1. The summed E-state index contributed by atoms with van der Waals surface area (Å²) in [4.78, 5) is 21.7. The summed E-state index contributed by atoms with van der Waals surface area (Å²) in [7, 11) is 0. The second-order valence-electron chi connectivity index (χ2n) is 4.74. The van der Waals surface area contributed by atoms with Gasteiger partial charge in [0.15, 0.2) is 0 Å². The molecule has 110 valence electrons. The standard InChI is InChI=1S/C14H15N3O4/c1-8(18)7-15-12-5-4-11(6-13(12)17(19)20)14-9(2)16-21-10(14)3/h4-6,15H,7H2,1-3H3. The van der Waals surface area contributed by atoms with Gasteiger partial charge in [0.2, 0.25) is 0 Å². The summed E-state index contributed by atoms with van der Waals surface area (Å²) in [6.45, 7) is 4.99. The van der Waals surface area contributed by atoms with E-state index in [0.29, 0.717) is 22.7 Å². The van der Waals surface area contributed by atoms with Gasteiger partial charge < -0.3 is 9.84 Å². The Bertz CT molecular complexity index is 687. The molecule has 21 heavy (non-hydrogen) atoms. The molecule has 0 amide bonds. The summed E-state index contributed by atoms with van der Waals surface area (Å²) in [5.41, 5.74) is 2.30. The normalized spacial score (nSPS) is 10.4. The van der Waals surface area contributed by atoms with Gasteiger partial charge in [-0.3, -0.25) is 14.9 Å². The van der Waals surface area contributed by atoms with Crippen molar-refractivity contribution in [3.8, 4) is 11.1 Å². The van der Waals surface area contributed by atoms with Gasteiger partial charge in [-0.25, -0.2) is 0 Å². The number of hydrogen-bond acceptors (Lipinski definition) is 6. The zero-order chi connectivity index (χ0) is 15.6. The maximum Gasteiger partial charge on any atom is 0.292 e. The van der Waals surface area contributed by atoms with Crippen LogP contribution in [0.3, 0.4) is 0 Å². The minimum absolute atomic E-state index is 0.0471. The van der Waals surface area contributed by atoms with Crippen molar-refractivity contribution in [1.29, 1.82) is 0 Å². The van der Waals surface area contributed by atoms with Crippen molar-refractivity contribution in [2.75, 3.05) is 11.9 Å². The number of anilines is 1. The predicted molar refractivity (Wildman–Crippen MR) is 77.2 cm³/mol. The molecular weight excluding hydrogens is 274 g/mol. The highest BCUT2D eigenvalue weighted by Gasteiger charge is 2.19. The van der Waals surface area contributed by atoms with Crippen LogP contribution in [0.2, 0.25) is 0 Å². The first-order chi connectivity index (χ1) is 9.90. The third kappa shape index (κ3) is 3.07. The van der Waals surface area contributed by atoms with Gasteiger partial charge in [0.1, 0.15) is 17.2 Å². The van der Waals surface area contributed by atoms with Crippen molar-refractivity contribution in [2.24, 2.45) is 0 Å². The van der Waals surface area contributed by atoms with E-state index in [1.54, 1.807) is 26.0 Å². The SMILES string of the molecule is CC(=O)CNc1ccc(-c2c(C)noc2C)cc1[N+](=O)[O-]. The van der Waals surface area contributed by atoms with Crippen LogP contribution in [0.5, 0.6) is 0 Å². The first-order valence-electron chi connectivity index (χ1n) is 6.35. The molecule has 0 radical (unpaired) electrons. The molecule has 7 heteroatoms. The quantitative estimate of drug-likeness (QED) is 0.671. The number of hydrogen-bond donors (Lipinski definition) is 1. The zero-order valence-corrected chi connectivity index (χ0v) is 12.0. The number of nitrogens with one attached hydrogen (secondary N) is 1. The minimum Gasteiger partial charge on any atom is -0.372 e. The minimum atomic E-state index is -0.482. The van der Waals surface area contributed by atoms with E-state index in [-0.39, 0.29) is 18.0 Å². The number of aromatic nitrogens is 1. The van der Waals surface area contributed by atoms with Crippen molar-refractivity contribution in [3.63, 3.8) is 0 Å². The molecule has 1 heterocycles. The molecule has 2 rings (SSSR count). The molecule has 0 saturated heterocycles. The molecule has 0 unspecified atom stereocenters. The van der Waals surface area contributed by atoms with Crippen molar-refractivity contribution < 1.29 is 14.2 Å². The van der Waals surface area contributed by atoms with Crippen LogP contribution in [0.15, 0.2) is 22.7 Å². The first-order valence-corrected chi connectivity index (χ1v) is 6.35. The Labute approximate surface area is 121 Å². The molecule has 1 aromatic carbocycles. The van der Waals surface area contributed by atoms with E-state index in [0.717, 1.165) is 5.56 Å². The van der Waals surface area contributed by atoms with Crippen LogP contribution in [0.1, 0.15) is 18.4 Å². The number of nitrogens with zero attached hydrogens (tertiary/aromatic N) is 2. The average molecular weight is 289 g/mol. The fraction of sp³-hybridized carbons (Fsp3) is 0.286. The molecule has 0 fully saturated rings. The molecule has 0 aliphatic heterocycles. The molecule has 0 saturated carbocycles. The first kappa shape index (κ1) is 14.7. The molecule has 1 aromatic heterocycles. The Morgan fingerprint density at radius 3 is 2.67 bits per heavy atom. The third-order valence-electron chi connectivity index (χ3n) is 3.04. The fourth-order valence-electron chi connectivity index (χ4n) is 2.10. The number of nitro benzene ring substituents is 1. The van der Waals surface area contributed by atoms with Crippen molar-refractivity contribution in [3.05, 3.63) is 39.8 Å². The monoisotopic (exact) mass is 289 g/mol. The molecule has 0 spiro atoms. The third-order valence-corrected chi connectivity index (χ3v) is 3.04. The zero-order valence-electron chi connectivity index (χ0n) is 12.0. The van der Waals surface area contributed by atoms with Crippen LogP contribution < -0.4 is 5.32 Å². The smallest absolute Gasteiger partial charge is 0.292 e. The average Bonchev–Trinajstić information content (AvgIpc) is 2.75. The Morgan fingerprint density at radius 1 is 1.43 bits per heavy atom. The summed E-state index contributed by atoms with van der Waals surface area (Å²) in [6.07, 6.45) is 0. The molecule has 0 bridgehead atoms. The van der Waals surface area contributed by atoms with E-state index in [1.807, 2.05) is 0 Å². The summed E-state index contributed by atoms with van der Waals surface area (Å²) in [6, 6.07) is 4.78.